The standard InChI is InChI=1S/C28H32N6O2/c35-26(33-18-16-31(17-19-33)22-27(36)32-14-5-2-6-15-32)12-11-24-21-34(25-9-3-1-4-10-25)30-28(24)23-8-7-13-29-20-23/h1,3-4,7-13,20-21H,2,5-6,14-19,22H2/b12-11+. The number of likely N-dealkylation sites (tertiary alicyclic amines) is 1. The van der Waals surface area contributed by atoms with Gasteiger partial charge in [-0.15, -0.1) is 0 Å². The second kappa shape index (κ2) is 11.3. The fraction of sp³-hybridized carbons (Fsp3) is 0.357. The van der Waals surface area contributed by atoms with Crippen LogP contribution in [0.4, 0.5) is 0 Å². The molecule has 3 aromatic rings. The summed E-state index contributed by atoms with van der Waals surface area (Å²) in [6.45, 7) is 4.88. The Morgan fingerprint density at radius 3 is 2.36 bits per heavy atom. The number of benzene rings is 1. The molecule has 1 aromatic carbocycles. The highest BCUT2D eigenvalue weighted by atomic mass is 16.2. The van der Waals surface area contributed by atoms with Gasteiger partial charge in [0.1, 0.15) is 5.69 Å². The summed E-state index contributed by atoms with van der Waals surface area (Å²) < 4.78 is 1.82. The maximum Gasteiger partial charge on any atom is 0.246 e. The zero-order valence-corrected chi connectivity index (χ0v) is 20.5. The lowest BCUT2D eigenvalue weighted by molar-refractivity contribution is -0.134. The van der Waals surface area contributed by atoms with E-state index >= 15 is 0 Å². The minimum Gasteiger partial charge on any atom is -0.342 e. The smallest absolute Gasteiger partial charge is 0.246 e. The van der Waals surface area contributed by atoms with E-state index in [4.69, 9.17) is 5.10 Å². The highest BCUT2D eigenvalue weighted by Gasteiger charge is 2.24. The van der Waals surface area contributed by atoms with Crippen LogP contribution in [0, 0.1) is 0 Å². The lowest BCUT2D eigenvalue weighted by atomic mass is 10.1. The van der Waals surface area contributed by atoms with Crippen LogP contribution in [-0.4, -0.2) is 87.1 Å². The Balaban J connectivity index is 1.23. The van der Waals surface area contributed by atoms with Crippen LogP contribution >= 0.6 is 0 Å². The highest BCUT2D eigenvalue weighted by Crippen LogP contribution is 2.24. The van der Waals surface area contributed by atoms with Crippen molar-refractivity contribution in [2.24, 2.45) is 0 Å². The molecule has 0 bridgehead atoms. The molecule has 0 unspecified atom stereocenters. The van der Waals surface area contributed by atoms with E-state index in [0.29, 0.717) is 32.7 Å². The number of carbonyl (C=O) groups excluding carboxylic acids is 2. The number of hydrogen-bond acceptors (Lipinski definition) is 5. The van der Waals surface area contributed by atoms with E-state index in [-0.39, 0.29) is 11.8 Å². The van der Waals surface area contributed by atoms with Crippen molar-refractivity contribution in [2.75, 3.05) is 45.8 Å². The van der Waals surface area contributed by atoms with E-state index in [1.54, 1.807) is 18.5 Å². The first-order valence-corrected chi connectivity index (χ1v) is 12.7. The predicted molar refractivity (Wildman–Crippen MR) is 139 cm³/mol. The van der Waals surface area contributed by atoms with Gasteiger partial charge in [-0.05, 0) is 49.6 Å². The number of pyridine rings is 1. The molecule has 0 aliphatic carbocycles. The molecule has 8 nitrogen and oxygen atoms in total. The summed E-state index contributed by atoms with van der Waals surface area (Å²) in [6.07, 6.45) is 12.3. The van der Waals surface area contributed by atoms with Crippen LogP contribution in [0.3, 0.4) is 0 Å². The monoisotopic (exact) mass is 484 g/mol. The summed E-state index contributed by atoms with van der Waals surface area (Å²) in [5.41, 5.74) is 3.47. The number of piperazine rings is 1. The van der Waals surface area contributed by atoms with Crippen molar-refractivity contribution in [3.8, 4) is 16.9 Å². The van der Waals surface area contributed by atoms with Gasteiger partial charge in [0.25, 0.3) is 0 Å². The van der Waals surface area contributed by atoms with E-state index in [0.717, 1.165) is 48.4 Å². The molecular formula is C28H32N6O2. The van der Waals surface area contributed by atoms with Gasteiger partial charge in [-0.2, -0.15) is 5.10 Å². The molecule has 4 heterocycles. The summed E-state index contributed by atoms with van der Waals surface area (Å²) in [5, 5.41) is 4.78. The summed E-state index contributed by atoms with van der Waals surface area (Å²) in [7, 11) is 0. The Hall–Kier alpha value is -3.78. The molecule has 2 aromatic heterocycles. The molecule has 36 heavy (non-hydrogen) atoms. The number of para-hydroxylation sites is 1. The summed E-state index contributed by atoms with van der Waals surface area (Å²) in [5.74, 6) is 0.189. The Kier molecular flexibility index (Phi) is 7.52. The summed E-state index contributed by atoms with van der Waals surface area (Å²) in [4.78, 5) is 35.8. The van der Waals surface area contributed by atoms with Crippen LogP contribution in [0.5, 0.6) is 0 Å². The lowest BCUT2D eigenvalue weighted by Gasteiger charge is -2.35. The Labute approximate surface area is 211 Å². The SMILES string of the molecule is O=C(/C=C/c1cn(-c2ccccc2)nc1-c1cccnc1)N1CCN(CC(=O)N2CCCCC2)CC1. The van der Waals surface area contributed by atoms with Gasteiger partial charge in [0.15, 0.2) is 0 Å². The van der Waals surface area contributed by atoms with Crippen LogP contribution in [0.2, 0.25) is 0 Å². The van der Waals surface area contributed by atoms with E-state index < -0.39 is 0 Å². The van der Waals surface area contributed by atoms with Crippen molar-refractivity contribution in [1.29, 1.82) is 0 Å². The second-order valence-electron chi connectivity index (χ2n) is 9.33. The number of rotatable bonds is 6. The first kappa shape index (κ1) is 23.9. The van der Waals surface area contributed by atoms with Gasteiger partial charge in [-0.1, -0.05) is 18.2 Å². The third-order valence-corrected chi connectivity index (χ3v) is 6.86. The average Bonchev–Trinajstić information content (AvgIpc) is 3.38. The largest absolute Gasteiger partial charge is 0.342 e. The van der Waals surface area contributed by atoms with Gasteiger partial charge in [0, 0.05) is 75.1 Å². The molecule has 2 saturated heterocycles. The zero-order chi connectivity index (χ0) is 24.7. The fourth-order valence-electron chi connectivity index (χ4n) is 4.78. The van der Waals surface area contributed by atoms with Crippen molar-refractivity contribution < 1.29 is 9.59 Å². The first-order chi connectivity index (χ1) is 17.7. The van der Waals surface area contributed by atoms with E-state index in [9.17, 15) is 9.59 Å². The Morgan fingerprint density at radius 2 is 1.64 bits per heavy atom. The number of carbonyl (C=O) groups is 2. The fourth-order valence-corrected chi connectivity index (χ4v) is 4.78. The number of aromatic nitrogens is 3. The van der Waals surface area contributed by atoms with Crippen LogP contribution in [0.1, 0.15) is 24.8 Å². The molecule has 0 saturated carbocycles. The van der Waals surface area contributed by atoms with E-state index in [1.165, 1.54) is 6.42 Å². The van der Waals surface area contributed by atoms with Gasteiger partial charge in [-0.25, -0.2) is 4.68 Å². The molecule has 2 aliphatic heterocycles. The third-order valence-electron chi connectivity index (χ3n) is 6.86. The molecule has 2 aliphatic rings. The number of piperidine rings is 1. The topological polar surface area (TPSA) is 74.6 Å². The third kappa shape index (κ3) is 5.71. The normalized spacial score (nSPS) is 17.0. The molecule has 0 N–H and O–H groups in total. The number of hydrogen-bond donors (Lipinski definition) is 0. The van der Waals surface area contributed by atoms with Crippen molar-refractivity contribution in [2.45, 2.75) is 19.3 Å². The predicted octanol–water partition coefficient (Wildman–Crippen LogP) is 3.10. The summed E-state index contributed by atoms with van der Waals surface area (Å²) in [6, 6.07) is 13.7. The molecule has 0 radical (unpaired) electrons. The van der Waals surface area contributed by atoms with Crippen molar-refractivity contribution in [3.05, 3.63) is 72.7 Å². The van der Waals surface area contributed by atoms with Gasteiger partial charge in [0.2, 0.25) is 11.8 Å². The van der Waals surface area contributed by atoms with E-state index in [1.807, 2.05) is 69.2 Å². The van der Waals surface area contributed by atoms with Gasteiger partial charge < -0.3 is 9.80 Å². The molecule has 186 valence electrons. The second-order valence-corrected chi connectivity index (χ2v) is 9.33. The average molecular weight is 485 g/mol. The molecule has 0 spiro atoms. The van der Waals surface area contributed by atoms with Crippen LogP contribution < -0.4 is 0 Å². The Morgan fingerprint density at radius 1 is 0.861 bits per heavy atom. The van der Waals surface area contributed by atoms with Crippen LogP contribution in [0.15, 0.2) is 67.1 Å². The summed E-state index contributed by atoms with van der Waals surface area (Å²) >= 11 is 0. The minimum absolute atomic E-state index is 0.0263. The maximum atomic E-state index is 13.0. The molecule has 8 heteroatoms. The molecule has 2 fully saturated rings. The highest BCUT2D eigenvalue weighted by molar-refractivity contribution is 5.93. The minimum atomic E-state index is -0.0263. The quantitative estimate of drug-likeness (QED) is 0.503. The van der Waals surface area contributed by atoms with Gasteiger partial charge in [-0.3, -0.25) is 19.5 Å². The van der Waals surface area contributed by atoms with Crippen LogP contribution in [0.25, 0.3) is 23.0 Å². The first-order valence-electron chi connectivity index (χ1n) is 12.7. The molecular weight excluding hydrogens is 452 g/mol. The van der Waals surface area contributed by atoms with Gasteiger partial charge in [0.05, 0.1) is 12.2 Å². The molecule has 0 atom stereocenters. The van der Waals surface area contributed by atoms with Crippen LogP contribution in [-0.2, 0) is 9.59 Å². The lowest BCUT2D eigenvalue weighted by Crippen LogP contribution is -2.51. The number of amides is 2. The molecule has 2 amide bonds. The number of nitrogens with zero attached hydrogens (tertiary/aromatic N) is 6. The molecule has 5 rings (SSSR count). The van der Waals surface area contributed by atoms with E-state index in [2.05, 4.69) is 9.88 Å². The van der Waals surface area contributed by atoms with Crippen molar-refractivity contribution >= 4 is 17.9 Å². The van der Waals surface area contributed by atoms with Crippen molar-refractivity contribution in [1.82, 2.24) is 29.5 Å². The van der Waals surface area contributed by atoms with Crippen molar-refractivity contribution in [3.63, 3.8) is 0 Å². The van der Waals surface area contributed by atoms with Gasteiger partial charge >= 0.3 is 0 Å². The zero-order valence-electron chi connectivity index (χ0n) is 20.5. The Bertz CT molecular complexity index is 1190. The maximum absolute atomic E-state index is 13.0.